The number of rotatable bonds is 7. The normalized spacial score (nSPS) is 18.9. The second-order valence-corrected chi connectivity index (χ2v) is 11.5. The van der Waals surface area contributed by atoms with Gasteiger partial charge in [-0.25, -0.2) is 9.37 Å². The molecule has 2 aliphatic rings. The molecule has 2 saturated heterocycles. The molecular formula is C32H30F4N8O3. The van der Waals surface area contributed by atoms with Crippen LogP contribution in [0.1, 0.15) is 25.1 Å². The molecule has 0 radical (unpaired) electrons. The number of fused-ring (bicyclic) bond motifs is 2. The molecule has 15 heteroatoms. The van der Waals surface area contributed by atoms with E-state index in [-0.39, 0.29) is 67.0 Å². The number of piperazine rings is 1. The van der Waals surface area contributed by atoms with Crippen LogP contribution in [-0.4, -0.2) is 87.1 Å². The number of hydrogen-bond acceptors (Lipinski definition) is 9. The first-order chi connectivity index (χ1) is 22.5. The topological polar surface area (TPSA) is 120 Å². The molecule has 2 unspecified atom stereocenters. The first-order valence-electron chi connectivity index (χ1n) is 15.0. The molecule has 47 heavy (non-hydrogen) atoms. The molecule has 0 aliphatic carbocycles. The van der Waals surface area contributed by atoms with Crippen LogP contribution in [-0.2, 0) is 11.0 Å². The molecule has 0 bridgehead atoms. The lowest BCUT2D eigenvalue weighted by atomic mass is 10.1. The Labute approximate surface area is 266 Å². The summed E-state index contributed by atoms with van der Waals surface area (Å²) in [5.41, 5.74) is -2.46. The predicted molar refractivity (Wildman–Crippen MR) is 165 cm³/mol. The maximum absolute atomic E-state index is 15.1. The molecule has 0 N–H and O–H groups in total. The molecule has 0 saturated carbocycles. The van der Waals surface area contributed by atoms with Crippen molar-refractivity contribution in [2.75, 3.05) is 44.7 Å². The van der Waals surface area contributed by atoms with Crippen molar-refractivity contribution in [1.29, 1.82) is 5.26 Å². The Bertz CT molecular complexity index is 1970. The number of likely N-dealkylation sites (tertiary alicyclic amines) is 1. The maximum atomic E-state index is 15.1. The molecule has 1 amide bonds. The highest BCUT2D eigenvalue weighted by molar-refractivity contribution is 5.92. The zero-order valence-electron chi connectivity index (χ0n) is 25.4. The van der Waals surface area contributed by atoms with Gasteiger partial charge in [0.25, 0.3) is 5.56 Å². The van der Waals surface area contributed by atoms with E-state index in [4.69, 9.17) is 4.74 Å². The molecule has 11 nitrogen and oxygen atoms in total. The Morgan fingerprint density at radius 3 is 2.55 bits per heavy atom. The fourth-order valence-corrected chi connectivity index (χ4v) is 6.29. The standard InChI is InChI=1S/C32H30F4N8O3/c1-3-24(45)43-16-15-42(17-20(43)12-13-37)28-26-27(39-31(40-28)47-18-21-9-6-14-41(21)2)29(46)44(30(38-26)32(34,35)36)23-11-5-8-19-7-4-10-22(33)25(19)23/h3-5,7-8,10-11,20-21H,1,6,9,12,14-18H2,2H3. The van der Waals surface area contributed by atoms with Gasteiger partial charge in [-0.3, -0.25) is 14.2 Å². The maximum Gasteiger partial charge on any atom is 0.450 e. The number of aromatic nitrogens is 4. The van der Waals surface area contributed by atoms with Crippen LogP contribution in [0.5, 0.6) is 6.01 Å². The van der Waals surface area contributed by atoms with E-state index < -0.39 is 46.4 Å². The van der Waals surface area contributed by atoms with E-state index in [0.29, 0.717) is 4.57 Å². The minimum atomic E-state index is -5.15. The van der Waals surface area contributed by atoms with E-state index in [9.17, 15) is 28.0 Å². The van der Waals surface area contributed by atoms with Crippen LogP contribution in [0.4, 0.5) is 23.4 Å². The summed E-state index contributed by atoms with van der Waals surface area (Å²) in [6.45, 7) is 4.74. The third-order valence-electron chi connectivity index (χ3n) is 8.65. The molecule has 2 aromatic heterocycles. The smallest absolute Gasteiger partial charge is 0.450 e. The van der Waals surface area contributed by atoms with Crippen LogP contribution >= 0.6 is 0 Å². The molecule has 6 rings (SSSR count). The molecule has 4 heterocycles. The molecular weight excluding hydrogens is 620 g/mol. The van der Waals surface area contributed by atoms with Crippen molar-refractivity contribution in [2.24, 2.45) is 0 Å². The largest absolute Gasteiger partial charge is 0.462 e. The van der Waals surface area contributed by atoms with E-state index >= 15 is 4.39 Å². The summed E-state index contributed by atoms with van der Waals surface area (Å²) in [4.78, 5) is 44.5. The predicted octanol–water partition coefficient (Wildman–Crippen LogP) is 4.08. The van der Waals surface area contributed by atoms with Gasteiger partial charge < -0.3 is 19.4 Å². The summed E-state index contributed by atoms with van der Waals surface area (Å²) in [6, 6.07) is 9.37. The molecule has 0 spiro atoms. The lowest BCUT2D eigenvalue weighted by Gasteiger charge is -2.40. The lowest BCUT2D eigenvalue weighted by molar-refractivity contribution is -0.146. The fourth-order valence-electron chi connectivity index (χ4n) is 6.29. The average molecular weight is 651 g/mol. The number of halogens is 4. The van der Waals surface area contributed by atoms with E-state index in [0.717, 1.165) is 31.5 Å². The van der Waals surface area contributed by atoms with E-state index in [2.05, 4.69) is 26.4 Å². The van der Waals surface area contributed by atoms with Crippen molar-refractivity contribution in [3.63, 3.8) is 0 Å². The van der Waals surface area contributed by atoms with Gasteiger partial charge in [-0.05, 0) is 50.0 Å². The number of carbonyl (C=O) groups excluding carboxylic acids is 1. The number of likely N-dealkylation sites (N-methyl/N-ethyl adjacent to an activating group) is 1. The van der Waals surface area contributed by atoms with E-state index in [1.807, 2.05) is 13.1 Å². The molecule has 244 valence electrons. The number of alkyl halides is 3. The van der Waals surface area contributed by atoms with E-state index in [1.165, 1.54) is 35.2 Å². The van der Waals surface area contributed by atoms with Crippen LogP contribution in [0.15, 0.2) is 53.8 Å². The van der Waals surface area contributed by atoms with Gasteiger partial charge in [-0.2, -0.15) is 28.4 Å². The van der Waals surface area contributed by atoms with Gasteiger partial charge in [0.15, 0.2) is 11.3 Å². The number of hydrogen-bond donors (Lipinski definition) is 0. The van der Waals surface area contributed by atoms with Crippen molar-refractivity contribution < 1.29 is 27.1 Å². The highest BCUT2D eigenvalue weighted by Crippen LogP contribution is 2.35. The zero-order valence-corrected chi connectivity index (χ0v) is 25.4. The molecule has 2 atom stereocenters. The Morgan fingerprint density at radius 2 is 1.87 bits per heavy atom. The summed E-state index contributed by atoms with van der Waals surface area (Å²) >= 11 is 0. The van der Waals surface area contributed by atoms with Crippen LogP contribution in [0.3, 0.4) is 0 Å². The van der Waals surface area contributed by atoms with Crippen LogP contribution in [0.25, 0.3) is 27.5 Å². The summed E-state index contributed by atoms with van der Waals surface area (Å²) in [7, 11) is 1.94. The zero-order chi connectivity index (χ0) is 33.5. The van der Waals surface area contributed by atoms with Gasteiger partial charge in [-0.15, -0.1) is 0 Å². The highest BCUT2D eigenvalue weighted by atomic mass is 19.4. The van der Waals surface area contributed by atoms with Crippen LogP contribution < -0.4 is 15.2 Å². The van der Waals surface area contributed by atoms with Crippen molar-refractivity contribution in [1.82, 2.24) is 29.3 Å². The number of benzene rings is 2. The Kier molecular flexibility index (Phi) is 8.54. The minimum Gasteiger partial charge on any atom is -0.462 e. The molecule has 2 aliphatic heterocycles. The molecule has 4 aromatic rings. The Balaban J connectivity index is 1.57. The van der Waals surface area contributed by atoms with Gasteiger partial charge in [0.2, 0.25) is 11.7 Å². The Hall–Kier alpha value is -5.10. The number of anilines is 1. The second kappa shape index (κ2) is 12.6. The minimum absolute atomic E-state index is 0.00467. The number of nitriles is 1. The third kappa shape index (κ3) is 5.96. The number of nitrogens with zero attached hydrogens (tertiary/aromatic N) is 8. The SMILES string of the molecule is C=CC(=O)N1CCN(c2nc(OCC3CCCN3C)nc3c(=O)n(-c4cccc5cccc(F)c45)c(C(F)(F)F)nc23)CC1CC#N. The van der Waals surface area contributed by atoms with Crippen LogP contribution in [0.2, 0.25) is 0 Å². The molecule has 2 fully saturated rings. The summed E-state index contributed by atoms with van der Waals surface area (Å²) in [6.07, 6.45) is -2.29. The third-order valence-corrected chi connectivity index (χ3v) is 8.65. The van der Waals surface area contributed by atoms with E-state index in [1.54, 1.807) is 4.90 Å². The number of ether oxygens (including phenoxy) is 1. The summed E-state index contributed by atoms with van der Waals surface area (Å²) in [5.74, 6) is -2.92. The summed E-state index contributed by atoms with van der Waals surface area (Å²) in [5, 5.41) is 9.55. The molecule has 2 aromatic carbocycles. The lowest BCUT2D eigenvalue weighted by Crippen LogP contribution is -2.55. The van der Waals surface area contributed by atoms with Crippen molar-refractivity contribution in [3.8, 4) is 17.8 Å². The van der Waals surface area contributed by atoms with Gasteiger partial charge in [0.1, 0.15) is 17.9 Å². The number of amides is 1. The Morgan fingerprint density at radius 1 is 1.11 bits per heavy atom. The first-order valence-corrected chi connectivity index (χ1v) is 15.0. The first kappa shape index (κ1) is 31.9. The fraction of sp³-hybridized carbons (Fsp3) is 0.375. The van der Waals surface area contributed by atoms with Crippen molar-refractivity contribution in [3.05, 3.63) is 71.0 Å². The number of carbonyl (C=O) groups is 1. The average Bonchev–Trinajstić information content (AvgIpc) is 3.47. The summed E-state index contributed by atoms with van der Waals surface area (Å²) < 4.78 is 65.8. The van der Waals surface area contributed by atoms with Crippen molar-refractivity contribution in [2.45, 2.75) is 37.5 Å². The quantitative estimate of drug-likeness (QED) is 0.215. The van der Waals surface area contributed by atoms with Gasteiger partial charge in [0, 0.05) is 31.1 Å². The monoisotopic (exact) mass is 650 g/mol. The van der Waals surface area contributed by atoms with Crippen LogP contribution in [0, 0.1) is 17.1 Å². The van der Waals surface area contributed by atoms with Gasteiger partial charge in [0.05, 0.1) is 24.2 Å². The highest BCUT2D eigenvalue weighted by Gasteiger charge is 2.40. The second-order valence-electron chi connectivity index (χ2n) is 11.5. The van der Waals surface area contributed by atoms with Gasteiger partial charge in [-0.1, -0.05) is 30.8 Å². The van der Waals surface area contributed by atoms with Crippen molar-refractivity contribution >= 4 is 33.5 Å². The van der Waals surface area contributed by atoms with Gasteiger partial charge >= 0.3 is 12.2 Å².